The largest absolute Gasteiger partial charge is 0.439 e. The first-order valence-corrected chi connectivity index (χ1v) is 8.85. The maximum absolute atomic E-state index is 13.4. The lowest BCUT2D eigenvalue weighted by atomic mass is 10.1. The maximum atomic E-state index is 13.4. The van der Waals surface area contributed by atoms with Crippen LogP contribution in [0.15, 0.2) is 44.9 Å². The van der Waals surface area contributed by atoms with Crippen molar-refractivity contribution in [3.05, 3.63) is 69.2 Å². The first-order chi connectivity index (χ1) is 13.3. The molecule has 0 spiro atoms. The van der Waals surface area contributed by atoms with Gasteiger partial charge in [0.1, 0.15) is 0 Å². The van der Waals surface area contributed by atoms with Crippen LogP contribution < -0.4 is 16.8 Å². The summed E-state index contributed by atoms with van der Waals surface area (Å²) in [5.74, 6) is -2.60. The SMILES string of the molecule is CN=C(C(Cl)=CN)c1cc(C(=O)N[C@H](CN)Cc2ccc(F)c(F)c2)oc1Cl. The molecule has 28 heavy (non-hydrogen) atoms. The van der Waals surface area contributed by atoms with E-state index in [2.05, 4.69) is 10.3 Å². The summed E-state index contributed by atoms with van der Waals surface area (Å²) < 4.78 is 31.7. The molecular weight excluding hydrogens is 413 g/mol. The molecule has 5 N–H and O–H groups in total. The van der Waals surface area contributed by atoms with Crippen molar-refractivity contribution in [1.82, 2.24) is 5.32 Å². The third-order valence-corrected chi connectivity index (χ3v) is 4.43. The normalized spacial score (nSPS) is 13.5. The van der Waals surface area contributed by atoms with Crippen LogP contribution in [0, 0.1) is 11.6 Å². The van der Waals surface area contributed by atoms with Gasteiger partial charge in [0.25, 0.3) is 5.91 Å². The van der Waals surface area contributed by atoms with Crippen LogP contribution in [0.3, 0.4) is 0 Å². The Labute approximate surface area is 170 Å². The van der Waals surface area contributed by atoms with Crippen molar-refractivity contribution in [2.24, 2.45) is 16.5 Å². The van der Waals surface area contributed by atoms with Crippen molar-refractivity contribution < 1.29 is 18.0 Å². The van der Waals surface area contributed by atoms with Gasteiger partial charge in [-0.1, -0.05) is 17.7 Å². The van der Waals surface area contributed by atoms with Crippen molar-refractivity contribution >= 4 is 34.8 Å². The first kappa shape index (κ1) is 21.9. The molecule has 1 aromatic heterocycles. The van der Waals surface area contributed by atoms with E-state index in [0.717, 1.165) is 18.3 Å². The molecule has 1 heterocycles. The van der Waals surface area contributed by atoms with Crippen LogP contribution in [-0.4, -0.2) is 31.3 Å². The van der Waals surface area contributed by atoms with Gasteiger partial charge in [-0.05, 0) is 35.7 Å². The number of halogens is 4. The number of aliphatic imine (C=N–C) groups is 1. The van der Waals surface area contributed by atoms with E-state index in [1.807, 2.05) is 0 Å². The number of rotatable bonds is 7. The Morgan fingerprint density at radius 2 is 2.07 bits per heavy atom. The average Bonchev–Trinajstić information content (AvgIpc) is 3.06. The number of nitrogens with two attached hydrogens (primary N) is 2. The van der Waals surface area contributed by atoms with Gasteiger partial charge in [0, 0.05) is 31.9 Å². The molecule has 10 heteroatoms. The summed E-state index contributed by atoms with van der Waals surface area (Å²) in [6, 6.07) is 4.31. The quantitative estimate of drug-likeness (QED) is 0.586. The second-order valence-corrected chi connectivity index (χ2v) is 6.49. The van der Waals surface area contributed by atoms with Gasteiger partial charge in [-0.25, -0.2) is 8.78 Å². The molecule has 0 aliphatic rings. The summed E-state index contributed by atoms with van der Waals surface area (Å²) in [5.41, 5.74) is 12.1. The Bertz CT molecular complexity index is 928. The fraction of sp³-hybridized carbons (Fsp3) is 0.222. The number of nitrogens with zero attached hydrogens (tertiary/aromatic N) is 1. The van der Waals surface area contributed by atoms with Crippen LogP contribution in [0.2, 0.25) is 5.22 Å². The second kappa shape index (κ2) is 9.68. The second-order valence-electron chi connectivity index (χ2n) is 5.74. The number of nitrogens with one attached hydrogen (secondary N) is 1. The number of carbonyl (C=O) groups excluding carboxylic acids is 1. The van der Waals surface area contributed by atoms with E-state index in [1.165, 1.54) is 19.2 Å². The minimum Gasteiger partial charge on any atom is -0.439 e. The van der Waals surface area contributed by atoms with E-state index in [1.54, 1.807) is 0 Å². The van der Waals surface area contributed by atoms with Crippen molar-refractivity contribution in [2.75, 3.05) is 13.6 Å². The average molecular weight is 431 g/mol. The molecule has 0 aliphatic carbocycles. The van der Waals surface area contributed by atoms with Gasteiger partial charge in [-0.15, -0.1) is 0 Å². The summed E-state index contributed by atoms with van der Waals surface area (Å²) in [5, 5.41) is 2.71. The fourth-order valence-electron chi connectivity index (χ4n) is 2.48. The lowest BCUT2D eigenvalue weighted by Crippen LogP contribution is -2.41. The van der Waals surface area contributed by atoms with Crippen LogP contribution in [0.5, 0.6) is 0 Å². The highest BCUT2D eigenvalue weighted by Crippen LogP contribution is 2.25. The van der Waals surface area contributed by atoms with Crippen molar-refractivity contribution in [2.45, 2.75) is 12.5 Å². The molecule has 1 aromatic carbocycles. The molecule has 0 unspecified atom stereocenters. The molecule has 1 atom stereocenters. The number of allylic oxidation sites excluding steroid dienone is 1. The number of benzene rings is 1. The van der Waals surface area contributed by atoms with Crippen LogP contribution in [0.1, 0.15) is 21.7 Å². The maximum Gasteiger partial charge on any atom is 0.287 e. The minimum absolute atomic E-state index is 0.0649. The van der Waals surface area contributed by atoms with E-state index < -0.39 is 23.6 Å². The molecule has 2 rings (SSSR count). The third-order valence-electron chi connectivity index (χ3n) is 3.85. The predicted octanol–water partition coefficient (Wildman–Crippen LogP) is 2.97. The lowest BCUT2D eigenvalue weighted by molar-refractivity contribution is 0.0910. The standard InChI is InChI=1S/C18H18Cl2F2N4O2/c1-25-16(12(19)8-24)11-6-15(28-17(11)20)18(27)26-10(7-23)4-9-2-3-13(21)14(22)5-9/h2-3,5-6,8,10H,4,7,23-24H2,1H3,(H,26,27)/t10-/m0/s1. The molecule has 0 saturated carbocycles. The van der Waals surface area contributed by atoms with Gasteiger partial charge in [0.15, 0.2) is 17.4 Å². The topological polar surface area (TPSA) is 107 Å². The smallest absolute Gasteiger partial charge is 0.287 e. The number of carbonyl (C=O) groups is 1. The Hall–Kier alpha value is -2.42. The van der Waals surface area contributed by atoms with Crippen LogP contribution in [0.4, 0.5) is 8.78 Å². The lowest BCUT2D eigenvalue weighted by Gasteiger charge is -2.16. The molecule has 0 radical (unpaired) electrons. The van der Waals surface area contributed by atoms with E-state index in [0.29, 0.717) is 11.1 Å². The van der Waals surface area contributed by atoms with Gasteiger partial charge in [-0.2, -0.15) is 0 Å². The first-order valence-electron chi connectivity index (χ1n) is 8.09. The Morgan fingerprint density at radius 1 is 1.36 bits per heavy atom. The van der Waals surface area contributed by atoms with Crippen LogP contribution in [0.25, 0.3) is 0 Å². The van der Waals surface area contributed by atoms with E-state index in [-0.39, 0.29) is 34.7 Å². The van der Waals surface area contributed by atoms with Crippen molar-refractivity contribution in [3.8, 4) is 0 Å². The molecular formula is C18H18Cl2F2N4O2. The summed E-state index contributed by atoms with van der Waals surface area (Å²) >= 11 is 12.0. The molecule has 150 valence electrons. The third kappa shape index (κ3) is 5.09. The van der Waals surface area contributed by atoms with Gasteiger partial charge in [0.05, 0.1) is 16.3 Å². The van der Waals surface area contributed by atoms with Gasteiger partial charge < -0.3 is 21.2 Å². The van der Waals surface area contributed by atoms with Crippen LogP contribution in [-0.2, 0) is 6.42 Å². The molecule has 0 bridgehead atoms. The summed E-state index contributed by atoms with van der Waals surface area (Å²) in [6.07, 6.45) is 1.34. The minimum atomic E-state index is -0.974. The van der Waals surface area contributed by atoms with Gasteiger partial charge in [-0.3, -0.25) is 9.79 Å². The molecule has 0 fully saturated rings. The monoisotopic (exact) mass is 430 g/mol. The molecule has 6 nitrogen and oxygen atoms in total. The van der Waals surface area contributed by atoms with Crippen LogP contribution >= 0.6 is 23.2 Å². The highest BCUT2D eigenvalue weighted by molar-refractivity contribution is 6.48. The van der Waals surface area contributed by atoms with E-state index in [9.17, 15) is 13.6 Å². The van der Waals surface area contributed by atoms with Gasteiger partial charge in [0.2, 0.25) is 5.22 Å². The Morgan fingerprint density at radius 3 is 2.64 bits per heavy atom. The molecule has 0 aliphatic heterocycles. The highest BCUT2D eigenvalue weighted by atomic mass is 35.5. The fourth-order valence-corrected chi connectivity index (χ4v) is 2.89. The molecule has 0 saturated heterocycles. The van der Waals surface area contributed by atoms with Gasteiger partial charge >= 0.3 is 0 Å². The van der Waals surface area contributed by atoms with E-state index >= 15 is 0 Å². The zero-order valence-electron chi connectivity index (χ0n) is 14.8. The highest BCUT2D eigenvalue weighted by Gasteiger charge is 2.22. The summed E-state index contributed by atoms with van der Waals surface area (Å²) in [6.45, 7) is 0.0649. The van der Waals surface area contributed by atoms with E-state index in [4.69, 9.17) is 39.1 Å². The van der Waals surface area contributed by atoms with Crippen molar-refractivity contribution in [1.29, 1.82) is 0 Å². The number of hydrogen-bond donors (Lipinski definition) is 3. The number of furan rings is 1. The Kier molecular flexibility index (Phi) is 7.56. The summed E-state index contributed by atoms with van der Waals surface area (Å²) in [4.78, 5) is 16.5. The summed E-state index contributed by atoms with van der Waals surface area (Å²) in [7, 11) is 1.48. The molecule has 2 aromatic rings. The molecule has 1 amide bonds. The Balaban J connectivity index is 2.16. The zero-order valence-corrected chi connectivity index (χ0v) is 16.3. The number of hydrogen-bond acceptors (Lipinski definition) is 5. The predicted molar refractivity (Wildman–Crippen MR) is 105 cm³/mol. The zero-order chi connectivity index (χ0) is 20.8. The van der Waals surface area contributed by atoms with Crippen molar-refractivity contribution in [3.63, 3.8) is 0 Å². The number of amides is 1.